The quantitative estimate of drug-likeness (QED) is 0.509. The Labute approximate surface area is 62.9 Å². The summed E-state index contributed by atoms with van der Waals surface area (Å²) < 4.78 is 0. The van der Waals surface area contributed by atoms with Crippen molar-refractivity contribution in [3.63, 3.8) is 0 Å². The minimum Gasteiger partial charge on any atom is -0.147 e. The third kappa shape index (κ3) is 48.4. The molecule has 0 atom stereocenters. The second-order valence-electron chi connectivity index (χ2n) is 1.000. The fourth-order valence-corrected chi connectivity index (χ4v) is 0. The molecule has 0 aromatic heterocycles. The fraction of sp³-hybridized carbons (Fsp3) is 1.00. The largest absolute Gasteiger partial charge is 0.147 e. The lowest BCUT2D eigenvalue weighted by Gasteiger charge is -1.68. The summed E-state index contributed by atoms with van der Waals surface area (Å²) in [6.45, 7) is 4.36. The van der Waals surface area contributed by atoms with Gasteiger partial charge in [-0.3, -0.25) is 0 Å². The Bertz CT molecular complexity index is 11.7. The average molecular weight is 163 g/mol. The van der Waals surface area contributed by atoms with E-state index in [0.717, 1.165) is 0 Å². The minimum absolute atomic E-state index is 0. The Morgan fingerprint density at radius 1 is 0.857 bits per heavy atom. The van der Waals surface area contributed by atoms with Gasteiger partial charge in [-0.05, 0) is 11.0 Å². The highest BCUT2D eigenvalue weighted by Crippen LogP contribution is 1.76. The summed E-state index contributed by atoms with van der Waals surface area (Å²) in [4.78, 5) is 0. The highest BCUT2D eigenvalue weighted by Gasteiger charge is 1.56. The van der Waals surface area contributed by atoms with E-state index in [-0.39, 0.29) is 35.8 Å². The van der Waals surface area contributed by atoms with Gasteiger partial charge in [0, 0.05) is 0 Å². The molecular weight excluding hydrogens is 147 g/mol. The predicted octanol–water partition coefficient (Wildman–Crippen LogP) is 1.20. The normalized spacial score (nSPS) is 4.29. The molecule has 0 unspecified atom stereocenters. The van der Waals surface area contributed by atoms with Crippen molar-refractivity contribution in [3.8, 4) is 0 Å². The Hall–Kier alpha value is 0.797. The Morgan fingerprint density at radius 3 is 1.00 bits per heavy atom. The van der Waals surface area contributed by atoms with Crippen LogP contribution in [0.4, 0.5) is 0 Å². The first-order chi connectivity index (χ1) is 1.91. The first-order valence-electron chi connectivity index (χ1n) is 1.91. The molecule has 0 aliphatic carbocycles. The molecular formula is C4H16Cl2Si. The van der Waals surface area contributed by atoms with E-state index in [0.29, 0.717) is 0 Å². The van der Waals surface area contributed by atoms with Crippen LogP contribution in [0.1, 0.15) is 26.7 Å². The van der Waals surface area contributed by atoms with Gasteiger partial charge in [0.25, 0.3) is 0 Å². The van der Waals surface area contributed by atoms with E-state index in [2.05, 4.69) is 13.8 Å². The zero-order valence-corrected chi connectivity index (χ0v) is 5.86. The molecule has 0 N–H and O–H groups in total. The van der Waals surface area contributed by atoms with Gasteiger partial charge in [0.15, 0.2) is 0 Å². The van der Waals surface area contributed by atoms with Gasteiger partial charge in [-0.25, -0.2) is 0 Å². The third-order valence-electron chi connectivity index (χ3n) is 0.500. The van der Waals surface area contributed by atoms with E-state index in [1.54, 1.807) is 0 Å². The van der Waals surface area contributed by atoms with Gasteiger partial charge in [0.2, 0.25) is 0 Å². The molecule has 3 heteroatoms. The number of rotatable bonds is 1. The molecule has 0 saturated carbocycles. The van der Waals surface area contributed by atoms with E-state index in [4.69, 9.17) is 0 Å². The number of halogens is 2. The maximum atomic E-state index is 2.18. The average Bonchev–Trinajstić information content (AvgIpc) is 1.37. The fourth-order valence-electron chi connectivity index (χ4n) is 0. The maximum Gasteiger partial charge on any atom is -0.0149 e. The lowest BCUT2D eigenvalue weighted by molar-refractivity contribution is 0.886. The SMILES string of the molecule is CCCC.Cl.Cl.[SiH4]. The summed E-state index contributed by atoms with van der Waals surface area (Å²) in [5.41, 5.74) is 0. The van der Waals surface area contributed by atoms with Crippen molar-refractivity contribution in [1.82, 2.24) is 0 Å². The number of hydrogen-bond donors (Lipinski definition) is 0. The molecule has 0 aromatic carbocycles. The third-order valence-corrected chi connectivity index (χ3v) is 0.500. The van der Waals surface area contributed by atoms with Gasteiger partial charge in [-0.15, -0.1) is 24.8 Å². The smallest absolute Gasteiger partial charge is 0.0149 e. The van der Waals surface area contributed by atoms with Gasteiger partial charge in [0.1, 0.15) is 0 Å². The molecule has 7 heavy (non-hydrogen) atoms. The van der Waals surface area contributed by atoms with Crippen molar-refractivity contribution in [1.29, 1.82) is 0 Å². The first kappa shape index (κ1) is 25.0. The summed E-state index contributed by atoms with van der Waals surface area (Å²) >= 11 is 0. The van der Waals surface area contributed by atoms with Crippen LogP contribution in [0.3, 0.4) is 0 Å². The molecule has 0 radical (unpaired) electrons. The van der Waals surface area contributed by atoms with Gasteiger partial charge >= 0.3 is 0 Å². The molecule has 0 aromatic rings. The van der Waals surface area contributed by atoms with Crippen molar-refractivity contribution in [2.75, 3.05) is 0 Å². The van der Waals surface area contributed by atoms with Crippen LogP contribution in [0.5, 0.6) is 0 Å². The van der Waals surface area contributed by atoms with E-state index >= 15 is 0 Å². The van der Waals surface area contributed by atoms with Crippen molar-refractivity contribution < 1.29 is 0 Å². The van der Waals surface area contributed by atoms with Crippen LogP contribution in [-0.2, 0) is 0 Å². The topological polar surface area (TPSA) is 0 Å². The predicted molar refractivity (Wildman–Crippen MR) is 46.4 cm³/mol. The Balaban J connectivity index is -0.0000000150. The highest BCUT2D eigenvalue weighted by molar-refractivity contribution is 5.85. The van der Waals surface area contributed by atoms with Crippen LogP contribution >= 0.6 is 24.8 Å². The van der Waals surface area contributed by atoms with Crippen LogP contribution in [0.15, 0.2) is 0 Å². The molecule has 0 nitrogen and oxygen atoms in total. The van der Waals surface area contributed by atoms with E-state index in [1.807, 2.05) is 0 Å². The van der Waals surface area contributed by atoms with Crippen molar-refractivity contribution in [3.05, 3.63) is 0 Å². The molecule has 0 spiro atoms. The molecule has 0 heterocycles. The second-order valence-corrected chi connectivity index (χ2v) is 1.000. The molecule has 0 aliphatic rings. The molecule has 0 fully saturated rings. The Morgan fingerprint density at radius 2 is 1.00 bits per heavy atom. The standard InChI is InChI=1S/C4H10.2ClH.H4Si/c1-3-4-2;;;/h3-4H2,1-2H3;2*1H;1H4. The van der Waals surface area contributed by atoms with Gasteiger partial charge in [-0.2, -0.15) is 0 Å². The summed E-state index contributed by atoms with van der Waals surface area (Å²) in [6.07, 6.45) is 2.64. The summed E-state index contributed by atoms with van der Waals surface area (Å²) in [5, 5.41) is 0. The zero-order chi connectivity index (χ0) is 3.41. The van der Waals surface area contributed by atoms with E-state index in [1.165, 1.54) is 12.8 Å². The number of unbranched alkanes of at least 4 members (excludes halogenated alkanes) is 1. The highest BCUT2D eigenvalue weighted by atomic mass is 35.5. The Kier molecular flexibility index (Phi) is 104. The van der Waals surface area contributed by atoms with Crippen LogP contribution in [0, 0.1) is 0 Å². The van der Waals surface area contributed by atoms with Crippen molar-refractivity contribution >= 4 is 35.8 Å². The monoisotopic (exact) mass is 162 g/mol. The van der Waals surface area contributed by atoms with Crippen molar-refractivity contribution in [2.24, 2.45) is 0 Å². The maximum absolute atomic E-state index is 2.18. The molecule has 0 rings (SSSR count). The summed E-state index contributed by atoms with van der Waals surface area (Å²) in [5.74, 6) is 0. The lowest BCUT2D eigenvalue weighted by atomic mass is 10.4. The summed E-state index contributed by atoms with van der Waals surface area (Å²) in [7, 11) is 0. The van der Waals surface area contributed by atoms with Crippen LogP contribution in [0.25, 0.3) is 0 Å². The van der Waals surface area contributed by atoms with Crippen molar-refractivity contribution in [2.45, 2.75) is 26.7 Å². The number of hydrogen-bond acceptors (Lipinski definition) is 0. The zero-order valence-electron chi connectivity index (χ0n) is 4.23. The van der Waals surface area contributed by atoms with Crippen LogP contribution in [-0.4, -0.2) is 11.0 Å². The van der Waals surface area contributed by atoms with Crippen LogP contribution in [0.2, 0.25) is 0 Å². The minimum atomic E-state index is 0. The van der Waals surface area contributed by atoms with Crippen LogP contribution < -0.4 is 0 Å². The molecule has 0 saturated heterocycles. The van der Waals surface area contributed by atoms with E-state index in [9.17, 15) is 0 Å². The molecule has 0 bridgehead atoms. The molecule has 50 valence electrons. The first-order valence-corrected chi connectivity index (χ1v) is 1.91. The van der Waals surface area contributed by atoms with Gasteiger partial charge in [-0.1, -0.05) is 26.7 Å². The molecule has 0 aliphatic heterocycles. The van der Waals surface area contributed by atoms with E-state index < -0.39 is 0 Å². The summed E-state index contributed by atoms with van der Waals surface area (Å²) in [6, 6.07) is 0. The van der Waals surface area contributed by atoms with Gasteiger partial charge < -0.3 is 0 Å². The lowest BCUT2D eigenvalue weighted by Crippen LogP contribution is -1.47. The van der Waals surface area contributed by atoms with Gasteiger partial charge in [0.05, 0.1) is 0 Å². The second kappa shape index (κ2) is 29.2. The molecule has 0 amide bonds.